The molecule has 1 saturated carbocycles. The maximum atomic E-state index is 12.1. The summed E-state index contributed by atoms with van der Waals surface area (Å²) in [6, 6.07) is 6.13. The van der Waals surface area contributed by atoms with Gasteiger partial charge in [0, 0.05) is 9.49 Å². The molecule has 2 rings (SSSR count). The lowest BCUT2D eigenvalue weighted by Gasteiger charge is -2.21. The lowest BCUT2D eigenvalue weighted by Crippen LogP contribution is -2.25. The van der Waals surface area contributed by atoms with Crippen molar-refractivity contribution in [3.05, 3.63) is 27.3 Å². The molecule has 1 N–H and O–H groups in total. The molecule has 1 aliphatic carbocycles. The van der Waals surface area contributed by atoms with E-state index in [-0.39, 0.29) is 11.8 Å². The zero-order valence-electron chi connectivity index (χ0n) is 10.1. The summed E-state index contributed by atoms with van der Waals surface area (Å²) in [4.78, 5) is 12.1. The number of benzene rings is 1. The van der Waals surface area contributed by atoms with Crippen LogP contribution in [0.5, 0.6) is 0 Å². The van der Waals surface area contributed by atoms with E-state index >= 15 is 0 Å². The maximum Gasteiger partial charge on any atom is 0.227 e. The van der Waals surface area contributed by atoms with Crippen LogP contribution in [0.1, 0.15) is 37.7 Å². The quantitative estimate of drug-likeness (QED) is 0.805. The van der Waals surface area contributed by atoms with Crippen molar-refractivity contribution in [2.24, 2.45) is 5.92 Å². The number of aryl methyl sites for hydroxylation is 1. The summed E-state index contributed by atoms with van der Waals surface area (Å²) in [7, 11) is 0. The van der Waals surface area contributed by atoms with Gasteiger partial charge in [-0.3, -0.25) is 4.79 Å². The van der Waals surface area contributed by atoms with Gasteiger partial charge in [0.2, 0.25) is 5.91 Å². The highest BCUT2D eigenvalue weighted by Crippen LogP contribution is 2.26. The molecule has 2 nitrogen and oxygen atoms in total. The summed E-state index contributed by atoms with van der Waals surface area (Å²) >= 11 is 2.28. The lowest BCUT2D eigenvalue weighted by molar-refractivity contribution is -0.120. The summed E-state index contributed by atoms with van der Waals surface area (Å²) in [6.07, 6.45) is 5.78. The normalized spacial score (nSPS) is 16.8. The molecule has 0 heterocycles. The molecule has 0 unspecified atom stereocenters. The van der Waals surface area contributed by atoms with Crippen LogP contribution in [-0.2, 0) is 4.79 Å². The molecule has 1 amide bonds. The largest absolute Gasteiger partial charge is 0.325 e. The van der Waals surface area contributed by atoms with Crippen LogP contribution in [0.2, 0.25) is 0 Å². The summed E-state index contributed by atoms with van der Waals surface area (Å²) in [6.45, 7) is 2.06. The highest BCUT2D eigenvalue weighted by atomic mass is 127. The molecule has 0 atom stereocenters. The standard InChI is InChI=1S/C14H18INO/c1-10-7-8-13(12(15)9-10)16-14(17)11-5-3-2-4-6-11/h7-9,11H,2-6H2,1H3,(H,16,17). The Morgan fingerprint density at radius 2 is 2.00 bits per heavy atom. The van der Waals surface area contributed by atoms with Crippen molar-refractivity contribution in [1.82, 2.24) is 0 Å². The first-order valence-electron chi connectivity index (χ1n) is 6.24. The van der Waals surface area contributed by atoms with Crippen molar-refractivity contribution in [3.8, 4) is 0 Å². The van der Waals surface area contributed by atoms with Gasteiger partial charge in [-0.05, 0) is 60.1 Å². The first-order valence-corrected chi connectivity index (χ1v) is 7.32. The summed E-state index contributed by atoms with van der Waals surface area (Å²) in [5.41, 5.74) is 2.18. The van der Waals surface area contributed by atoms with Gasteiger partial charge in [-0.1, -0.05) is 25.3 Å². The molecule has 0 aliphatic heterocycles. The summed E-state index contributed by atoms with van der Waals surface area (Å²) in [5.74, 6) is 0.423. The highest BCUT2D eigenvalue weighted by molar-refractivity contribution is 14.1. The molecule has 1 fully saturated rings. The van der Waals surface area contributed by atoms with Crippen LogP contribution in [0.15, 0.2) is 18.2 Å². The molecule has 1 aromatic rings. The van der Waals surface area contributed by atoms with Crippen LogP contribution in [0.25, 0.3) is 0 Å². The van der Waals surface area contributed by atoms with Crippen LogP contribution < -0.4 is 5.32 Å². The number of carbonyl (C=O) groups excluding carboxylic acids is 1. The van der Waals surface area contributed by atoms with Crippen LogP contribution >= 0.6 is 22.6 Å². The van der Waals surface area contributed by atoms with Crippen molar-refractivity contribution in [3.63, 3.8) is 0 Å². The number of amides is 1. The second-order valence-corrected chi connectivity index (χ2v) is 5.97. The third-order valence-corrected chi connectivity index (χ3v) is 4.25. The predicted octanol–water partition coefficient (Wildman–Crippen LogP) is 4.12. The van der Waals surface area contributed by atoms with E-state index in [1.807, 2.05) is 12.1 Å². The van der Waals surface area contributed by atoms with Gasteiger partial charge in [0.25, 0.3) is 0 Å². The zero-order chi connectivity index (χ0) is 12.3. The Morgan fingerprint density at radius 1 is 1.29 bits per heavy atom. The predicted molar refractivity (Wildman–Crippen MR) is 79.1 cm³/mol. The first kappa shape index (κ1) is 12.9. The van der Waals surface area contributed by atoms with Crippen molar-refractivity contribution in [2.45, 2.75) is 39.0 Å². The minimum Gasteiger partial charge on any atom is -0.325 e. The Kier molecular flexibility index (Phi) is 4.42. The van der Waals surface area contributed by atoms with E-state index in [2.05, 4.69) is 40.9 Å². The number of rotatable bonds is 2. The number of anilines is 1. The Hall–Kier alpha value is -0.580. The van der Waals surface area contributed by atoms with Gasteiger partial charge in [-0.2, -0.15) is 0 Å². The number of hydrogen-bond donors (Lipinski definition) is 1. The van der Waals surface area contributed by atoms with Gasteiger partial charge in [0.05, 0.1) is 5.69 Å². The van der Waals surface area contributed by atoms with Gasteiger partial charge in [-0.15, -0.1) is 0 Å². The molecular formula is C14H18INO. The van der Waals surface area contributed by atoms with E-state index in [9.17, 15) is 4.79 Å². The molecule has 3 heteroatoms. The molecule has 1 aromatic carbocycles. The van der Waals surface area contributed by atoms with E-state index in [1.165, 1.54) is 24.8 Å². The van der Waals surface area contributed by atoms with Gasteiger partial charge < -0.3 is 5.32 Å². The number of carbonyl (C=O) groups is 1. The first-order chi connectivity index (χ1) is 8.16. The second-order valence-electron chi connectivity index (χ2n) is 4.81. The third-order valence-electron chi connectivity index (χ3n) is 3.36. The Morgan fingerprint density at radius 3 is 2.65 bits per heavy atom. The molecule has 1 aliphatic rings. The lowest BCUT2D eigenvalue weighted by atomic mass is 9.88. The Balaban J connectivity index is 2.02. The molecule has 0 saturated heterocycles. The minimum absolute atomic E-state index is 0.200. The monoisotopic (exact) mass is 343 g/mol. The summed E-state index contributed by atoms with van der Waals surface area (Å²) in [5, 5.41) is 3.06. The smallest absolute Gasteiger partial charge is 0.227 e. The molecule has 0 bridgehead atoms. The van der Waals surface area contributed by atoms with Gasteiger partial charge in [0.1, 0.15) is 0 Å². The summed E-state index contributed by atoms with van der Waals surface area (Å²) < 4.78 is 1.12. The minimum atomic E-state index is 0.200. The van der Waals surface area contributed by atoms with Crippen LogP contribution in [0, 0.1) is 16.4 Å². The molecule has 0 radical (unpaired) electrons. The van der Waals surface area contributed by atoms with Gasteiger partial charge in [-0.25, -0.2) is 0 Å². The van der Waals surface area contributed by atoms with Crippen LogP contribution in [-0.4, -0.2) is 5.91 Å². The average Bonchev–Trinajstić information content (AvgIpc) is 2.34. The van der Waals surface area contributed by atoms with Crippen LogP contribution in [0.3, 0.4) is 0 Å². The Bertz CT molecular complexity index is 411. The van der Waals surface area contributed by atoms with E-state index in [1.54, 1.807) is 0 Å². The fraction of sp³-hybridized carbons (Fsp3) is 0.500. The van der Waals surface area contributed by atoms with E-state index in [4.69, 9.17) is 0 Å². The van der Waals surface area contributed by atoms with Gasteiger partial charge in [0.15, 0.2) is 0 Å². The topological polar surface area (TPSA) is 29.1 Å². The van der Waals surface area contributed by atoms with E-state index in [0.717, 1.165) is 22.1 Å². The number of halogens is 1. The molecular weight excluding hydrogens is 325 g/mol. The average molecular weight is 343 g/mol. The molecule has 0 aromatic heterocycles. The fourth-order valence-corrected chi connectivity index (χ4v) is 3.13. The third kappa shape index (κ3) is 3.44. The van der Waals surface area contributed by atoms with Crippen molar-refractivity contribution in [1.29, 1.82) is 0 Å². The fourth-order valence-electron chi connectivity index (χ4n) is 2.32. The zero-order valence-corrected chi connectivity index (χ0v) is 12.3. The highest BCUT2D eigenvalue weighted by Gasteiger charge is 2.21. The molecule has 92 valence electrons. The van der Waals surface area contributed by atoms with Crippen LogP contribution in [0.4, 0.5) is 5.69 Å². The van der Waals surface area contributed by atoms with Crippen molar-refractivity contribution >= 4 is 34.2 Å². The number of hydrogen-bond acceptors (Lipinski definition) is 1. The SMILES string of the molecule is Cc1ccc(NC(=O)C2CCCCC2)c(I)c1. The second kappa shape index (κ2) is 5.85. The number of nitrogens with one attached hydrogen (secondary N) is 1. The maximum absolute atomic E-state index is 12.1. The van der Waals surface area contributed by atoms with E-state index in [0.29, 0.717) is 0 Å². The molecule has 0 spiro atoms. The van der Waals surface area contributed by atoms with Crippen molar-refractivity contribution in [2.75, 3.05) is 5.32 Å². The Labute approximate surface area is 116 Å². The molecule has 17 heavy (non-hydrogen) atoms. The van der Waals surface area contributed by atoms with E-state index < -0.39 is 0 Å². The van der Waals surface area contributed by atoms with Gasteiger partial charge >= 0.3 is 0 Å². The van der Waals surface area contributed by atoms with Crippen molar-refractivity contribution < 1.29 is 4.79 Å².